The number of hydroxylamine groups is 1. The topological polar surface area (TPSA) is 114 Å². The van der Waals surface area contributed by atoms with Crippen LogP contribution in [0.4, 0.5) is 20.6 Å². The lowest BCUT2D eigenvalue weighted by Crippen LogP contribution is -2.56. The molecule has 10 nitrogen and oxygen atoms in total. The highest BCUT2D eigenvalue weighted by Crippen LogP contribution is 2.39. The predicted molar refractivity (Wildman–Crippen MR) is 130 cm³/mol. The van der Waals surface area contributed by atoms with Crippen LogP contribution < -0.4 is 9.62 Å². The number of carbonyl (C=O) groups is 1. The molecule has 0 spiro atoms. The molecule has 0 bridgehead atoms. The van der Waals surface area contributed by atoms with E-state index >= 15 is 0 Å². The van der Waals surface area contributed by atoms with Gasteiger partial charge in [0, 0.05) is 38.4 Å². The molecule has 1 aromatic heterocycles. The Morgan fingerprint density at radius 2 is 1.80 bits per heavy atom. The number of nitrogens with zero attached hydrogens (tertiary/aromatic N) is 5. The zero-order chi connectivity index (χ0) is 24.9. The van der Waals surface area contributed by atoms with Crippen molar-refractivity contribution >= 4 is 27.6 Å². The number of nitrogens with one attached hydrogen (secondary N) is 1. The number of benzene rings is 1. The summed E-state index contributed by atoms with van der Waals surface area (Å²) in [4.78, 5) is 14.8. The maximum atomic E-state index is 14.4. The summed E-state index contributed by atoms with van der Waals surface area (Å²) in [5, 5.41) is 19.8. The quantitative estimate of drug-likeness (QED) is 0.625. The molecular weight excluding hydrogens is 475 g/mol. The van der Waals surface area contributed by atoms with Crippen LogP contribution in [-0.4, -0.2) is 65.9 Å². The van der Waals surface area contributed by atoms with Gasteiger partial charge in [0.1, 0.15) is 6.17 Å². The Hall–Kier alpha value is -2.70. The smallest absolute Gasteiger partial charge is 0.326 e. The summed E-state index contributed by atoms with van der Waals surface area (Å²) < 4.78 is 43.2. The molecule has 2 amide bonds. The van der Waals surface area contributed by atoms with Gasteiger partial charge < -0.3 is 15.4 Å². The van der Waals surface area contributed by atoms with E-state index in [1.165, 1.54) is 17.1 Å². The van der Waals surface area contributed by atoms with E-state index in [-0.39, 0.29) is 25.2 Å². The molecule has 2 aromatic rings. The van der Waals surface area contributed by atoms with E-state index in [4.69, 9.17) is 0 Å². The Labute approximate surface area is 204 Å². The van der Waals surface area contributed by atoms with E-state index in [0.717, 1.165) is 65.1 Å². The molecular formula is C23H30FN6O4S-. The summed E-state index contributed by atoms with van der Waals surface area (Å²) in [6.07, 6.45) is 6.63. The Kier molecular flexibility index (Phi) is 6.22. The summed E-state index contributed by atoms with van der Waals surface area (Å²) in [6.45, 7) is 0.382. The first-order valence-electron chi connectivity index (χ1n) is 12.0. The minimum Gasteiger partial charge on any atom is -0.740 e. The van der Waals surface area contributed by atoms with Crippen LogP contribution in [-0.2, 0) is 42.9 Å². The number of amides is 2. The maximum Gasteiger partial charge on any atom is 0.326 e. The van der Waals surface area contributed by atoms with Gasteiger partial charge in [-0.1, -0.05) is 6.07 Å². The molecule has 3 aliphatic rings. The fourth-order valence-corrected chi connectivity index (χ4v) is 7.05. The highest BCUT2D eigenvalue weighted by Gasteiger charge is 2.39. The first-order chi connectivity index (χ1) is 16.6. The van der Waals surface area contributed by atoms with Gasteiger partial charge >= 0.3 is 16.2 Å². The van der Waals surface area contributed by atoms with E-state index in [9.17, 15) is 22.8 Å². The van der Waals surface area contributed by atoms with Crippen LogP contribution in [0.3, 0.4) is 0 Å². The van der Waals surface area contributed by atoms with Crippen LogP contribution in [0.1, 0.15) is 41.5 Å². The van der Waals surface area contributed by atoms with Crippen molar-refractivity contribution in [3.8, 4) is 0 Å². The Morgan fingerprint density at radius 1 is 1.14 bits per heavy atom. The second-order valence-corrected chi connectivity index (χ2v) is 11.4. The normalized spacial score (nSPS) is 22.1. The van der Waals surface area contributed by atoms with Crippen LogP contribution in [0, 0.1) is 5.21 Å². The number of alkyl halides is 1. The Balaban J connectivity index is 1.46. The van der Waals surface area contributed by atoms with E-state index in [1.54, 1.807) is 19.0 Å². The second kappa shape index (κ2) is 9.07. The highest BCUT2D eigenvalue weighted by molar-refractivity contribution is 7.91. The summed E-state index contributed by atoms with van der Waals surface area (Å²) in [5.74, 6) is 0. The molecule has 190 valence electrons. The van der Waals surface area contributed by atoms with Gasteiger partial charge in [-0.25, -0.2) is 13.5 Å². The number of urea groups is 1. The fraction of sp³-hybridized carbons (Fsp3) is 0.565. The molecule has 2 heterocycles. The van der Waals surface area contributed by atoms with Crippen molar-refractivity contribution in [2.45, 2.75) is 57.2 Å². The number of likely N-dealkylation sites (tertiary alicyclic amines) is 1. The summed E-state index contributed by atoms with van der Waals surface area (Å²) in [6, 6.07) is 0.0463. The lowest BCUT2D eigenvalue weighted by atomic mass is 9.99. The van der Waals surface area contributed by atoms with Gasteiger partial charge in [-0.05, 0) is 67.8 Å². The number of piperidine rings is 1. The average molecular weight is 506 g/mol. The first-order valence-corrected chi connectivity index (χ1v) is 13.4. The number of aryl methyl sites for hydroxylation is 3. The number of rotatable bonds is 5. The number of likely N-dealkylation sites (N-methyl/N-ethyl adjacent to an activating group) is 1. The summed E-state index contributed by atoms with van der Waals surface area (Å²) in [7, 11) is -1.59. The van der Waals surface area contributed by atoms with Crippen molar-refractivity contribution in [1.29, 1.82) is 0 Å². The van der Waals surface area contributed by atoms with E-state index in [1.807, 2.05) is 0 Å². The van der Waals surface area contributed by atoms with Gasteiger partial charge in [0.25, 0.3) is 0 Å². The third-order valence-electron chi connectivity index (χ3n) is 7.17. The molecule has 1 aromatic carbocycles. The number of hydrogen-bond acceptors (Lipinski definition) is 6. The molecule has 2 atom stereocenters. The lowest BCUT2D eigenvalue weighted by molar-refractivity contribution is 0.148. The van der Waals surface area contributed by atoms with Gasteiger partial charge in [0.15, 0.2) is 0 Å². The average Bonchev–Trinajstić information content (AvgIpc) is 3.53. The lowest BCUT2D eigenvalue weighted by Gasteiger charge is -2.42. The van der Waals surface area contributed by atoms with Crippen molar-refractivity contribution in [2.24, 2.45) is 7.05 Å². The van der Waals surface area contributed by atoms with E-state index in [2.05, 4.69) is 16.5 Å². The third kappa shape index (κ3) is 4.38. The van der Waals surface area contributed by atoms with Gasteiger partial charge in [-0.15, -0.1) is 0 Å². The molecule has 0 saturated carbocycles. The number of anilines is 2. The van der Waals surface area contributed by atoms with Gasteiger partial charge in [0.2, 0.25) is 0 Å². The number of aromatic nitrogens is 2. The van der Waals surface area contributed by atoms with Gasteiger partial charge in [0.05, 0.1) is 17.9 Å². The van der Waals surface area contributed by atoms with Gasteiger partial charge in [-0.2, -0.15) is 13.5 Å². The van der Waals surface area contributed by atoms with E-state index in [0.29, 0.717) is 5.69 Å². The van der Waals surface area contributed by atoms with Crippen molar-refractivity contribution in [2.75, 3.05) is 29.8 Å². The van der Waals surface area contributed by atoms with Crippen LogP contribution in [0.15, 0.2) is 18.5 Å². The predicted octanol–water partition coefficient (Wildman–Crippen LogP) is 2.52. The molecule has 35 heavy (non-hydrogen) atoms. The van der Waals surface area contributed by atoms with Crippen LogP contribution in [0.25, 0.3) is 0 Å². The zero-order valence-electron chi connectivity index (χ0n) is 19.9. The summed E-state index contributed by atoms with van der Waals surface area (Å²) in [5.41, 5.74) is 4.97. The number of hydrogen-bond donors (Lipinski definition) is 1. The van der Waals surface area contributed by atoms with Crippen LogP contribution >= 0.6 is 0 Å². The van der Waals surface area contributed by atoms with E-state index < -0.39 is 32.9 Å². The van der Waals surface area contributed by atoms with Crippen LogP contribution in [0.2, 0.25) is 0 Å². The standard InChI is InChI=1S/C23H30FN6O4S/c1-27-12-17(24)10-18(13-27)29(19-11-25-28(2)14-19)35(33,34)30(32)23(31)26-22-20-7-3-5-15(20)9-16-6-4-8-21(16)22/h9,11,14,17-18H,3-8,10,12-13H2,1-2H3,(H,26,31)/q-1. The second-order valence-electron chi connectivity index (χ2n) is 9.78. The molecule has 2 aliphatic carbocycles. The Bertz CT molecular complexity index is 1210. The van der Waals surface area contributed by atoms with Crippen molar-refractivity contribution in [1.82, 2.24) is 19.1 Å². The molecule has 0 radical (unpaired) electrons. The minimum absolute atomic E-state index is 0.0897. The van der Waals surface area contributed by atoms with Crippen LogP contribution in [0.5, 0.6) is 0 Å². The largest absolute Gasteiger partial charge is 0.740 e. The van der Waals surface area contributed by atoms with Crippen molar-refractivity contribution in [3.05, 3.63) is 45.9 Å². The SMILES string of the molecule is CN1CC(F)CC(N(c2cnn(C)c2)S(=O)(=O)N([O-])C(=O)Nc2c3c(cc4c2CCC4)CCC3)C1. The minimum atomic E-state index is -4.88. The molecule has 5 rings (SSSR count). The number of carbonyl (C=O) groups excluding carboxylic acids is 1. The fourth-order valence-electron chi connectivity index (χ4n) is 5.75. The summed E-state index contributed by atoms with van der Waals surface area (Å²) >= 11 is 0. The van der Waals surface area contributed by atoms with Crippen molar-refractivity contribution < 1.29 is 17.6 Å². The zero-order valence-corrected chi connectivity index (χ0v) is 20.7. The molecule has 2 unspecified atom stereocenters. The maximum absolute atomic E-state index is 14.4. The third-order valence-corrected chi connectivity index (χ3v) is 8.76. The first kappa shape index (κ1) is 24.0. The van der Waals surface area contributed by atoms with Crippen molar-refractivity contribution in [3.63, 3.8) is 0 Å². The number of fused-ring (bicyclic) bond motifs is 2. The Morgan fingerprint density at radius 3 is 2.37 bits per heavy atom. The van der Waals surface area contributed by atoms with Gasteiger partial charge in [-0.3, -0.25) is 9.15 Å². The molecule has 1 saturated heterocycles. The number of halogens is 1. The molecule has 12 heteroatoms. The molecule has 1 fully saturated rings. The molecule has 1 aliphatic heterocycles. The monoisotopic (exact) mass is 505 g/mol. The molecule has 1 N–H and O–H groups in total. The highest BCUT2D eigenvalue weighted by atomic mass is 32.2.